The molecule has 2 aromatic carbocycles. The molecule has 0 bridgehead atoms. The van der Waals surface area contributed by atoms with Gasteiger partial charge < -0.3 is 25.0 Å². The standard InChI is InChI=1S/C32H27ClF3N7O2S/c1-39-16-9-32(10-16)13-42(2)29-22-25(40-30(41-29)44-14-31-6-3-7-43(31)12-15(34)8-31)24(36)21(23(33)26(22)45-32)17-4-5-19(35)27-20(17)18(11-37)28(38)46-27/h4-5,15-16H,3,6-10,12-14,38H2,2H3/t15-,16?,31+,32?/m1/s1. The first-order chi connectivity index (χ1) is 22.1. The van der Waals surface area contributed by atoms with Crippen LogP contribution in [0.4, 0.5) is 24.0 Å². The van der Waals surface area contributed by atoms with E-state index < -0.39 is 28.9 Å². The van der Waals surface area contributed by atoms with Crippen molar-refractivity contribution >= 4 is 54.7 Å². The van der Waals surface area contributed by atoms with E-state index in [1.165, 1.54) is 12.1 Å². The van der Waals surface area contributed by atoms with Crippen molar-refractivity contribution in [3.63, 3.8) is 0 Å². The lowest BCUT2D eigenvalue weighted by molar-refractivity contribution is -0.00119. The highest BCUT2D eigenvalue weighted by Crippen LogP contribution is 2.54. The number of rotatable bonds is 4. The summed E-state index contributed by atoms with van der Waals surface area (Å²) in [7, 11) is 1.80. The molecule has 14 heteroatoms. The van der Waals surface area contributed by atoms with Crippen LogP contribution in [0.25, 0.3) is 37.0 Å². The Bertz CT molecular complexity index is 2060. The Kier molecular flexibility index (Phi) is 6.53. The predicted molar refractivity (Wildman–Crippen MR) is 169 cm³/mol. The molecule has 236 valence electrons. The van der Waals surface area contributed by atoms with Crippen molar-refractivity contribution < 1.29 is 22.6 Å². The third-order valence-electron chi connectivity index (χ3n) is 9.98. The number of fused-ring (bicyclic) bond motifs is 2. The maximum atomic E-state index is 17.1. The van der Waals surface area contributed by atoms with Crippen LogP contribution in [-0.2, 0) is 0 Å². The molecule has 9 nitrogen and oxygen atoms in total. The fraction of sp³-hybridized carbons (Fsp3) is 0.438. The summed E-state index contributed by atoms with van der Waals surface area (Å²) in [6.07, 6.45) is 1.95. The van der Waals surface area contributed by atoms with Crippen molar-refractivity contribution in [2.75, 3.05) is 43.9 Å². The highest BCUT2D eigenvalue weighted by Gasteiger charge is 2.54. The zero-order valence-electron chi connectivity index (χ0n) is 24.7. The van der Waals surface area contributed by atoms with Gasteiger partial charge in [-0.2, -0.15) is 15.2 Å². The summed E-state index contributed by atoms with van der Waals surface area (Å²) < 4.78 is 59.4. The SMILES string of the molecule is [C-]#[N+]C1CC2(C1)CN(C)c1nc(OC[C@@]34CCCN3C[C@H](F)C4)nc3c(F)c(-c4ccc(F)c5sc(N)c(C#N)c45)c(Cl)c(c13)O2. The average Bonchev–Trinajstić information content (AvgIpc) is 3.63. The van der Waals surface area contributed by atoms with Gasteiger partial charge in [0.25, 0.3) is 0 Å². The highest BCUT2D eigenvalue weighted by molar-refractivity contribution is 7.23. The number of hydrogen-bond acceptors (Lipinski definition) is 9. The van der Waals surface area contributed by atoms with Gasteiger partial charge in [0.2, 0.25) is 6.04 Å². The molecule has 2 atom stereocenters. The van der Waals surface area contributed by atoms with Crippen LogP contribution in [0.1, 0.15) is 37.7 Å². The Morgan fingerprint density at radius 1 is 1.28 bits per heavy atom. The lowest BCUT2D eigenvalue weighted by atomic mass is 9.75. The molecule has 46 heavy (non-hydrogen) atoms. The fourth-order valence-electron chi connectivity index (χ4n) is 7.92. The molecule has 3 fully saturated rings. The van der Waals surface area contributed by atoms with Crippen molar-refractivity contribution in [2.24, 2.45) is 0 Å². The quantitative estimate of drug-likeness (QED) is 0.246. The summed E-state index contributed by atoms with van der Waals surface area (Å²) in [5.74, 6) is -0.960. The van der Waals surface area contributed by atoms with Gasteiger partial charge in [-0.3, -0.25) is 4.90 Å². The van der Waals surface area contributed by atoms with E-state index >= 15 is 4.39 Å². The summed E-state index contributed by atoms with van der Waals surface area (Å²) in [6, 6.07) is 4.25. The number of nitrogens with zero attached hydrogens (tertiary/aromatic N) is 6. The van der Waals surface area contributed by atoms with Crippen molar-refractivity contribution in [1.82, 2.24) is 14.9 Å². The van der Waals surface area contributed by atoms with Crippen molar-refractivity contribution in [3.05, 3.63) is 45.8 Å². The largest absolute Gasteiger partial charge is 0.482 e. The van der Waals surface area contributed by atoms with Gasteiger partial charge in [0.1, 0.15) is 46.6 Å². The van der Waals surface area contributed by atoms with Gasteiger partial charge in [0, 0.05) is 31.0 Å². The Labute approximate surface area is 271 Å². The topological polar surface area (TPSA) is 105 Å². The number of thiophene rings is 1. The van der Waals surface area contributed by atoms with Crippen LogP contribution in [0.2, 0.25) is 5.02 Å². The van der Waals surface area contributed by atoms with Gasteiger partial charge >= 0.3 is 6.01 Å². The van der Waals surface area contributed by atoms with E-state index in [2.05, 4.69) is 14.7 Å². The maximum Gasteiger partial charge on any atom is 0.319 e. The van der Waals surface area contributed by atoms with E-state index in [-0.39, 0.29) is 72.1 Å². The van der Waals surface area contributed by atoms with Crippen LogP contribution < -0.4 is 20.1 Å². The number of anilines is 2. The van der Waals surface area contributed by atoms with Gasteiger partial charge in [0.15, 0.2) is 11.6 Å². The van der Waals surface area contributed by atoms with Gasteiger partial charge in [-0.1, -0.05) is 17.7 Å². The average molecular weight is 666 g/mol. The number of ether oxygens (including phenoxy) is 2. The molecule has 2 N–H and O–H groups in total. The number of nitrogens with two attached hydrogens (primary N) is 1. The summed E-state index contributed by atoms with van der Waals surface area (Å²) in [5.41, 5.74) is 4.72. The number of nitriles is 1. The van der Waals surface area contributed by atoms with E-state index in [0.29, 0.717) is 38.2 Å². The molecule has 4 aliphatic rings. The van der Waals surface area contributed by atoms with E-state index in [4.69, 9.17) is 38.4 Å². The lowest BCUT2D eigenvalue weighted by Gasteiger charge is -2.42. The summed E-state index contributed by atoms with van der Waals surface area (Å²) in [4.78, 5) is 16.9. The third kappa shape index (κ3) is 4.15. The maximum absolute atomic E-state index is 17.1. The van der Waals surface area contributed by atoms with Gasteiger partial charge in [-0.05, 0) is 31.0 Å². The molecule has 1 aliphatic carbocycles. The smallest absolute Gasteiger partial charge is 0.319 e. The van der Waals surface area contributed by atoms with Crippen LogP contribution >= 0.6 is 22.9 Å². The van der Waals surface area contributed by atoms with Crippen LogP contribution in [0, 0.1) is 29.5 Å². The van der Waals surface area contributed by atoms with E-state index in [0.717, 1.165) is 30.7 Å². The molecule has 0 amide bonds. The molecule has 2 aromatic heterocycles. The molecule has 2 saturated heterocycles. The Morgan fingerprint density at radius 3 is 2.85 bits per heavy atom. The van der Waals surface area contributed by atoms with Gasteiger partial charge in [-0.15, -0.1) is 11.3 Å². The first-order valence-electron chi connectivity index (χ1n) is 15.0. The molecular weight excluding hydrogens is 639 g/mol. The van der Waals surface area contributed by atoms with Gasteiger partial charge in [-0.25, -0.2) is 19.7 Å². The highest BCUT2D eigenvalue weighted by atomic mass is 35.5. The Balaban J connectivity index is 1.34. The van der Waals surface area contributed by atoms with Crippen molar-refractivity contribution in [3.8, 4) is 29.0 Å². The number of benzene rings is 2. The van der Waals surface area contributed by atoms with E-state index in [9.17, 15) is 14.0 Å². The summed E-state index contributed by atoms with van der Waals surface area (Å²) >= 11 is 7.96. The predicted octanol–water partition coefficient (Wildman–Crippen LogP) is 6.50. The van der Waals surface area contributed by atoms with Crippen molar-refractivity contribution in [2.45, 2.75) is 55.5 Å². The number of halogens is 4. The second-order valence-electron chi connectivity index (χ2n) is 12.8. The number of hydrogen-bond donors (Lipinski definition) is 1. The molecule has 5 heterocycles. The zero-order valence-corrected chi connectivity index (χ0v) is 26.2. The first kappa shape index (κ1) is 29.4. The molecule has 0 radical (unpaired) electrons. The minimum Gasteiger partial charge on any atom is -0.482 e. The molecule has 4 aromatic rings. The van der Waals surface area contributed by atoms with Crippen LogP contribution in [0.3, 0.4) is 0 Å². The number of aromatic nitrogens is 2. The molecular formula is C32H27ClF3N7O2S. The summed E-state index contributed by atoms with van der Waals surface area (Å²) in [6.45, 7) is 9.14. The lowest BCUT2D eigenvalue weighted by Crippen LogP contribution is -2.56. The zero-order chi connectivity index (χ0) is 32.1. The number of likely N-dealkylation sites (N-methyl/N-ethyl adjacent to an activating group) is 1. The molecule has 8 rings (SSSR count). The number of nitrogen functional groups attached to an aromatic ring is 1. The Hall–Kier alpha value is -4.04. The monoisotopic (exact) mass is 665 g/mol. The molecule has 3 aliphatic heterocycles. The minimum absolute atomic E-state index is 0.0162. The second-order valence-corrected chi connectivity index (χ2v) is 14.3. The normalized spacial score (nSPS) is 26.9. The van der Waals surface area contributed by atoms with Crippen LogP contribution in [-0.4, -0.2) is 71.5 Å². The first-order valence-corrected chi connectivity index (χ1v) is 16.2. The number of alkyl halides is 1. The van der Waals surface area contributed by atoms with E-state index in [1.807, 2.05) is 11.0 Å². The second kappa shape index (κ2) is 10.2. The third-order valence-corrected chi connectivity index (χ3v) is 11.4. The Morgan fingerprint density at radius 2 is 2.09 bits per heavy atom. The van der Waals surface area contributed by atoms with Gasteiger partial charge in [0.05, 0.1) is 45.6 Å². The molecule has 1 spiro atoms. The van der Waals surface area contributed by atoms with Crippen molar-refractivity contribution in [1.29, 1.82) is 5.26 Å². The molecule has 0 unspecified atom stereocenters. The van der Waals surface area contributed by atoms with Crippen LogP contribution in [0.15, 0.2) is 12.1 Å². The summed E-state index contributed by atoms with van der Waals surface area (Å²) in [5, 5.41) is 10.3. The molecule has 1 saturated carbocycles. The van der Waals surface area contributed by atoms with Crippen LogP contribution in [0.5, 0.6) is 11.8 Å². The van der Waals surface area contributed by atoms with E-state index in [1.54, 1.807) is 7.05 Å². The fourth-order valence-corrected chi connectivity index (χ4v) is 9.19. The minimum atomic E-state index is -0.950.